The molecule has 1 aliphatic heterocycles. The van der Waals surface area contributed by atoms with Crippen molar-refractivity contribution in [1.82, 2.24) is 10.2 Å². The van der Waals surface area contributed by atoms with Crippen molar-refractivity contribution in [3.8, 4) is 0 Å². The van der Waals surface area contributed by atoms with Crippen molar-refractivity contribution >= 4 is 0 Å². The van der Waals surface area contributed by atoms with E-state index in [0.29, 0.717) is 0 Å². The zero-order valence-corrected chi connectivity index (χ0v) is 11.3. The van der Waals surface area contributed by atoms with Crippen LogP contribution in [0.3, 0.4) is 0 Å². The molecule has 2 fully saturated rings. The summed E-state index contributed by atoms with van der Waals surface area (Å²) in [6.07, 6.45) is 3.91. The van der Waals surface area contributed by atoms with Crippen molar-refractivity contribution < 1.29 is 0 Å². The molecule has 1 heterocycles. The molecule has 1 aliphatic carbocycles. The lowest BCUT2D eigenvalue weighted by molar-refractivity contribution is 0.331. The molecule has 1 saturated carbocycles. The maximum atomic E-state index is 3.79. The molecule has 3 atom stereocenters. The summed E-state index contributed by atoms with van der Waals surface area (Å²) in [6.45, 7) is 6.07. The van der Waals surface area contributed by atoms with E-state index in [9.17, 15) is 0 Å². The number of likely N-dealkylation sites (tertiary alicyclic amines) is 1. The van der Waals surface area contributed by atoms with Crippen molar-refractivity contribution in [2.45, 2.75) is 38.3 Å². The normalized spacial score (nSPS) is 31.7. The van der Waals surface area contributed by atoms with Crippen LogP contribution in [0.1, 0.15) is 25.3 Å². The molecule has 2 heteroatoms. The van der Waals surface area contributed by atoms with E-state index in [0.717, 1.165) is 18.0 Å². The molecule has 0 amide bonds. The van der Waals surface area contributed by atoms with E-state index in [1.807, 2.05) is 0 Å². The van der Waals surface area contributed by atoms with Gasteiger partial charge in [-0.15, -0.1) is 0 Å². The molecular weight excluding hydrogens is 220 g/mol. The van der Waals surface area contributed by atoms with Gasteiger partial charge in [-0.1, -0.05) is 37.3 Å². The zero-order valence-electron chi connectivity index (χ0n) is 11.3. The fraction of sp³-hybridized carbons (Fsp3) is 0.625. The molecule has 1 aromatic carbocycles. The molecule has 0 bridgehead atoms. The summed E-state index contributed by atoms with van der Waals surface area (Å²) in [7, 11) is 0. The highest BCUT2D eigenvalue weighted by molar-refractivity contribution is 5.14. The minimum atomic E-state index is 0.746. The number of nitrogens with zero attached hydrogens (tertiary/aromatic N) is 1. The van der Waals surface area contributed by atoms with Gasteiger partial charge in [-0.3, -0.25) is 0 Å². The lowest BCUT2D eigenvalue weighted by Crippen LogP contribution is -2.35. The summed E-state index contributed by atoms with van der Waals surface area (Å²) in [5.41, 5.74) is 1.46. The summed E-state index contributed by atoms with van der Waals surface area (Å²) in [6, 6.07) is 12.4. The van der Waals surface area contributed by atoms with E-state index in [4.69, 9.17) is 0 Å². The molecule has 18 heavy (non-hydrogen) atoms. The van der Waals surface area contributed by atoms with Crippen LogP contribution < -0.4 is 5.32 Å². The number of rotatable bonds is 5. The maximum absolute atomic E-state index is 3.79. The molecule has 0 aromatic heterocycles. The van der Waals surface area contributed by atoms with Crippen molar-refractivity contribution in [1.29, 1.82) is 0 Å². The van der Waals surface area contributed by atoms with Crippen LogP contribution in [-0.4, -0.2) is 36.6 Å². The summed E-state index contributed by atoms with van der Waals surface area (Å²) in [5, 5.41) is 3.79. The van der Waals surface area contributed by atoms with E-state index < -0.39 is 0 Å². The summed E-state index contributed by atoms with van der Waals surface area (Å²) in [5.74, 6) is 0.920. The maximum Gasteiger partial charge on any atom is 0.0209 e. The fourth-order valence-electron chi connectivity index (χ4n) is 2.96. The van der Waals surface area contributed by atoms with Crippen molar-refractivity contribution in [2.75, 3.05) is 19.6 Å². The quantitative estimate of drug-likeness (QED) is 0.855. The Hall–Kier alpha value is -0.860. The summed E-state index contributed by atoms with van der Waals surface area (Å²) in [4.78, 5) is 2.61. The molecule has 2 nitrogen and oxygen atoms in total. The first-order valence-electron chi connectivity index (χ1n) is 7.33. The Bertz CT molecular complexity index is 376. The van der Waals surface area contributed by atoms with Crippen LogP contribution in [0.5, 0.6) is 0 Å². The van der Waals surface area contributed by atoms with Gasteiger partial charge in [-0.05, 0) is 37.3 Å². The van der Waals surface area contributed by atoms with E-state index in [1.165, 1.54) is 44.5 Å². The summed E-state index contributed by atoms with van der Waals surface area (Å²) < 4.78 is 0. The molecule has 98 valence electrons. The largest absolute Gasteiger partial charge is 0.310 e. The number of hydrogen-bond acceptors (Lipinski definition) is 2. The zero-order chi connectivity index (χ0) is 12.4. The third-order valence-electron chi connectivity index (χ3n) is 4.39. The molecule has 1 aromatic rings. The van der Waals surface area contributed by atoms with Gasteiger partial charge in [0, 0.05) is 25.2 Å². The van der Waals surface area contributed by atoms with E-state index >= 15 is 0 Å². The average Bonchev–Trinajstić information content (AvgIpc) is 2.90. The van der Waals surface area contributed by atoms with Gasteiger partial charge < -0.3 is 10.2 Å². The Morgan fingerprint density at radius 2 is 2.06 bits per heavy atom. The van der Waals surface area contributed by atoms with Crippen LogP contribution in [0.25, 0.3) is 0 Å². The Morgan fingerprint density at radius 3 is 2.78 bits per heavy atom. The molecular formula is C16H24N2. The first-order chi connectivity index (χ1) is 8.81. The first-order valence-corrected chi connectivity index (χ1v) is 7.33. The van der Waals surface area contributed by atoms with Crippen LogP contribution in [0.2, 0.25) is 0 Å². The predicted octanol–water partition coefficient (Wildman–Crippen LogP) is 2.30. The topological polar surface area (TPSA) is 15.3 Å². The second-order valence-electron chi connectivity index (χ2n) is 6.01. The van der Waals surface area contributed by atoms with Crippen molar-refractivity contribution in [3.05, 3.63) is 35.9 Å². The van der Waals surface area contributed by atoms with Crippen molar-refractivity contribution in [2.24, 2.45) is 5.92 Å². The Morgan fingerprint density at radius 1 is 1.28 bits per heavy atom. The standard InChI is InChI=1S/C16H24N2/c1-13-11-16(13)17-15-8-10-18(12-15)9-7-14-5-3-2-4-6-14/h2-6,13,15-17H,7-12H2,1H3. The highest BCUT2D eigenvalue weighted by Crippen LogP contribution is 2.30. The van der Waals surface area contributed by atoms with Gasteiger partial charge in [0.2, 0.25) is 0 Å². The van der Waals surface area contributed by atoms with Gasteiger partial charge in [0.15, 0.2) is 0 Å². The Kier molecular flexibility index (Phi) is 3.67. The second-order valence-corrected chi connectivity index (χ2v) is 6.01. The molecule has 3 rings (SSSR count). The third kappa shape index (κ3) is 3.12. The lowest BCUT2D eigenvalue weighted by Gasteiger charge is -2.16. The fourth-order valence-corrected chi connectivity index (χ4v) is 2.96. The van der Waals surface area contributed by atoms with Gasteiger partial charge in [0.05, 0.1) is 0 Å². The highest BCUT2D eigenvalue weighted by Gasteiger charge is 2.35. The SMILES string of the molecule is CC1CC1NC1CCN(CCc2ccccc2)C1. The van der Waals surface area contributed by atoms with Crippen molar-refractivity contribution in [3.63, 3.8) is 0 Å². The minimum Gasteiger partial charge on any atom is -0.310 e. The van der Waals surface area contributed by atoms with E-state index in [1.54, 1.807) is 0 Å². The van der Waals surface area contributed by atoms with Crippen LogP contribution in [0.4, 0.5) is 0 Å². The lowest BCUT2D eigenvalue weighted by atomic mass is 10.1. The molecule has 0 spiro atoms. The van der Waals surface area contributed by atoms with Crippen LogP contribution in [0.15, 0.2) is 30.3 Å². The first kappa shape index (κ1) is 12.2. The molecule has 3 unspecified atom stereocenters. The monoisotopic (exact) mass is 244 g/mol. The summed E-state index contributed by atoms with van der Waals surface area (Å²) >= 11 is 0. The second kappa shape index (κ2) is 5.41. The Labute approximate surface area is 110 Å². The number of hydrogen-bond donors (Lipinski definition) is 1. The van der Waals surface area contributed by atoms with E-state index in [-0.39, 0.29) is 0 Å². The van der Waals surface area contributed by atoms with Gasteiger partial charge in [-0.25, -0.2) is 0 Å². The minimum absolute atomic E-state index is 0.746. The molecule has 2 aliphatic rings. The molecule has 1 N–H and O–H groups in total. The number of benzene rings is 1. The Balaban J connectivity index is 1.39. The molecule has 0 radical (unpaired) electrons. The third-order valence-corrected chi connectivity index (χ3v) is 4.39. The van der Waals surface area contributed by atoms with Crippen LogP contribution in [0, 0.1) is 5.92 Å². The van der Waals surface area contributed by atoms with Crippen LogP contribution in [-0.2, 0) is 6.42 Å². The van der Waals surface area contributed by atoms with Crippen LogP contribution >= 0.6 is 0 Å². The smallest absolute Gasteiger partial charge is 0.0209 e. The van der Waals surface area contributed by atoms with Gasteiger partial charge in [-0.2, -0.15) is 0 Å². The van der Waals surface area contributed by atoms with E-state index in [2.05, 4.69) is 47.5 Å². The predicted molar refractivity (Wildman–Crippen MR) is 75.7 cm³/mol. The van der Waals surface area contributed by atoms with Gasteiger partial charge in [0.25, 0.3) is 0 Å². The van der Waals surface area contributed by atoms with Gasteiger partial charge >= 0.3 is 0 Å². The van der Waals surface area contributed by atoms with Gasteiger partial charge in [0.1, 0.15) is 0 Å². The molecule has 1 saturated heterocycles. The highest BCUT2D eigenvalue weighted by atomic mass is 15.2. The average molecular weight is 244 g/mol. The number of nitrogens with one attached hydrogen (secondary N) is 1.